The minimum Gasteiger partial charge on any atom is -0.471 e. The second kappa shape index (κ2) is 3.77. The van der Waals surface area contributed by atoms with Gasteiger partial charge in [0.1, 0.15) is 12.3 Å². The zero-order valence-corrected chi connectivity index (χ0v) is 8.63. The summed E-state index contributed by atoms with van der Waals surface area (Å²) in [7, 11) is 0. The van der Waals surface area contributed by atoms with Crippen LogP contribution in [0.2, 0.25) is 0 Å². The van der Waals surface area contributed by atoms with Crippen molar-refractivity contribution in [3.63, 3.8) is 0 Å². The molecule has 1 aromatic carbocycles. The van der Waals surface area contributed by atoms with Crippen molar-refractivity contribution in [1.82, 2.24) is 4.98 Å². The van der Waals surface area contributed by atoms with Crippen LogP contribution in [0.15, 0.2) is 53.7 Å². The van der Waals surface area contributed by atoms with Gasteiger partial charge in [-0.05, 0) is 18.2 Å². The van der Waals surface area contributed by atoms with Gasteiger partial charge >= 0.3 is 0 Å². The van der Waals surface area contributed by atoms with Crippen LogP contribution in [-0.4, -0.2) is 10.9 Å². The predicted octanol–water partition coefficient (Wildman–Crippen LogP) is 2.69. The molecular formula is C13H10N2O. The van der Waals surface area contributed by atoms with E-state index in [-0.39, 0.29) is 0 Å². The van der Waals surface area contributed by atoms with E-state index in [0.717, 1.165) is 16.9 Å². The highest BCUT2D eigenvalue weighted by Crippen LogP contribution is 2.25. The quantitative estimate of drug-likeness (QED) is 0.725. The second-order valence-corrected chi connectivity index (χ2v) is 3.55. The summed E-state index contributed by atoms with van der Waals surface area (Å²) in [6.07, 6.45) is 1.74. The van der Waals surface area contributed by atoms with Crippen LogP contribution in [0.3, 0.4) is 0 Å². The Kier molecular flexibility index (Phi) is 2.14. The normalized spacial score (nSPS) is 13.6. The maximum atomic E-state index is 5.58. The van der Waals surface area contributed by atoms with Gasteiger partial charge in [0.25, 0.3) is 0 Å². The molecule has 0 saturated heterocycles. The Morgan fingerprint density at radius 1 is 1.00 bits per heavy atom. The van der Waals surface area contributed by atoms with Crippen molar-refractivity contribution in [2.45, 2.75) is 6.61 Å². The van der Waals surface area contributed by atoms with Crippen molar-refractivity contribution in [3.8, 4) is 0 Å². The molecule has 2 heterocycles. The van der Waals surface area contributed by atoms with Gasteiger partial charge in [-0.1, -0.05) is 24.3 Å². The van der Waals surface area contributed by atoms with Crippen LogP contribution in [0.1, 0.15) is 11.3 Å². The maximum Gasteiger partial charge on any atom is 0.240 e. The molecule has 0 unspecified atom stereocenters. The van der Waals surface area contributed by atoms with E-state index in [2.05, 4.69) is 9.98 Å². The molecule has 3 heteroatoms. The smallest absolute Gasteiger partial charge is 0.240 e. The molecule has 1 aromatic heterocycles. The Labute approximate surface area is 93.4 Å². The standard InChI is InChI=1S/C13H10N2O/c1-2-6-11-10(5-1)9-16-13(15-11)12-7-3-4-8-14-12/h1-8H,9H2. The summed E-state index contributed by atoms with van der Waals surface area (Å²) < 4.78 is 5.58. The minimum absolute atomic E-state index is 0.561. The second-order valence-electron chi connectivity index (χ2n) is 3.55. The lowest BCUT2D eigenvalue weighted by Gasteiger charge is -2.15. The molecule has 0 bridgehead atoms. The predicted molar refractivity (Wildman–Crippen MR) is 61.7 cm³/mol. The van der Waals surface area contributed by atoms with Gasteiger partial charge in [0, 0.05) is 11.8 Å². The monoisotopic (exact) mass is 210 g/mol. The number of hydrogen-bond donors (Lipinski definition) is 0. The van der Waals surface area contributed by atoms with Crippen molar-refractivity contribution in [1.29, 1.82) is 0 Å². The first kappa shape index (κ1) is 9.09. The summed E-state index contributed by atoms with van der Waals surface area (Å²) in [6, 6.07) is 13.7. The van der Waals surface area contributed by atoms with E-state index in [0.29, 0.717) is 12.5 Å². The first-order chi connectivity index (χ1) is 7.93. The fourth-order valence-electron chi connectivity index (χ4n) is 1.65. The van der Waals surface area contributed by atoms with Gasteiger partial charge in [-0.15, -0.1) is 0 Å². The van der Waals surface area contributed by atoms with Crippen molar-refractivity contribution in [2.24, 2.45) is 4.99 Å². The summed E-state index contributed by atoms with van der Waals surface area (Å²) in [4.78, 5) is 8.67. The molecule has 0 saturated carbocycles. The lowest BCUT2D eigenvalue weighted by Crippen LogP contribution is -2.12. The summed E-state index contributed by atoms with van der Waals surface area (Å²) in [6.45, 7) is 0.561. The van der Waals surface area contributed by atoms with Gasteiger partial charge < -0.3 is 4.74 Å². The molecule has 2 aromatic rings. The lowest BCUT2D eigenvalue weighted by atomic mass is 10.2. The van der Waals surface area contributed by atoms with Gasteiger partial charge in [-0.2, -0.15) is 0 Å². The fraction of sp³-hybridized carbons (Fsp3) is 0.0769. The van der Waals surface area contributed by atoms with E-state index < -0.39 is 0 Å². The number of pyridine rings is 1. The third-order valence-corrected chi connectivity index (χ3v) is 2.46. The summed E-state index contributed by atoms with van der Waals surface area (Å²) in [5.74, 6) is 0.597. The Hall–Kier alpha value is -2.16. The molecule has 0 radical (unpaired) electrons. The van der Waals surface area contributed by atoms with E-state index in [1.165, 1.54) is 0 Å². The highest BCUT2D eigenvalue weighted by molar-refractivity contribution is 5.95. The minimum atomic E-state index is 0.561. The molecule has 1 aliphatic rings. The van der Waals surface area contributed by atoms with Crippen LogP contribution in [-0.2, 0) is 11.3 Å². The first-order valence-electron chi connectivity index (χ1n) is 5.14. The number of aliphatic imine (C=N–C) groups is 1. The topological polar surface area (TPSA) is 34.5 Å². The number of rotatable bonds is 1. The molecule has 0 atom stereocenters. The fourth-order valence-corrected chi connectivity index (χ4v) is 1.65. The van der Waals surface area contributed by atoms with Gasteiger partial charge in [-0.3, -0.25) is 4.98 Å². The Morgan fingerprint density at radius 3 is 2.75 bits per heavy atom. The molecule has 3 nitrogen and oxygen atoms in total. The molecule has 0 spiro atoms. The van der Waals surface area contributed by atoms with E-state index in [9.17, 15) is 0 Å². The molecule has 0 fully saturated rings. The zero-order chi connectivity index (χ0) is 10.8. The molecule has 0 aliphatic carbocycles. The molecular weight excluding hydrogens is 200 g/mol. The zero-order valence-electron chi connectivity index (χ0n) is 8.63. The molecule has 0 amide bonds. The van der Waals surface area contributed by atoms with E-state index in [4.69, 9.17) is 4.74 Å². The largest absolute Gasteiger partial charge is 0.471 e. The number of hydrogen-bond acceptors (Lipinski definition) is 3. The third kappa shape index (κ3) is 1.56. The Morgan fingerprint density at radius 2 is 1.88 bits per heavy atom. The van der Waals surface area contributed by atoms with Gasteiger partial charge in [0.2, 0.25) is 5.90 Å². The van der Waals surface area contributed by atoms with Gasteiger partial charge in [0.15, 0.2) is 0 Å². The van der Waals surface area contributed by atoms with Crippen molar-refractivity contribution in [2.75, 3.05) is 0 Å². The highest BCUT2D eigenvalue weighted by Gasteiger charge is 2.14. The van der Waals surface area contributed by atoms with E-state index in [1.54, 1.807) is 6.20 Å². The Balaban J connectivity index is 2.04. The average Bonchev–Trinajstić information content (AvgIpc) is 2.39. The number of para-hydroxylation sites is 1. The number of ether oxygens (including phenoxy) is 1. The summed E-state index contributed by atoms with van der Waals surface area (Å²) in [5, 5.41) is 0. The van der Waals surface area contributed by atoms with Crippen LogP contribution in [0, 0.1) is 0 Å². The van der Waals surface area contributed by atoms with Crippen LogP contribution < -0.4 is 0 Å². The van der Waals surface area contributed by atoms with Crippen LogP contribution >= 0.6 is 0 Å². The van der Waals surface area contributed by atoms with Gasteiger partial charge in [-0.25, -0.2) is 4.99 Å². The summed E-state index contributed by atoms with van der Waals surface area (Å²) >= 11 is 0. The molecule has 16 heavy (non-hydrogen) atoms. The van der Waals surface area contributed by atoms with Crippen molar-refractivity contribution in [3.05, 3.63) is 59.9 Å². The number of nitrogens with zero attached hydrogens (tertiary/aromatic N) is 2. The van der Waals surface area contributed by atoms with E-state index >= 15 is 0 Å². The summed E-state index contributed by atoms with van der Waals surface area (Å²) in [5.41, 5.74) is 2.86. The SMILES string of the molecule is c1ccc(C2=Nc3ccccc3CO2)nc1. The molecule has 1 aliphatic heterocycles. The van der Waals surface area contributed by atoms with Crippen LogP contribution in [0.25, 0.3) is 0 Å². The molecule has 3 rings (SSSR count). The number of benzene rings is 1. The third-order valence-electron chi connectivity index (χ3n) is 2.46. The average molecular weight is 210 g/mol. The van der Waals surface area contributed by atoms with Crippen LogP contribution in [0.5, 0.6) is 0 Å². The first-order valence-corrected chi connectivity index (χ1v) is 5.14. The molecule has 0 N–H and O–H groups in total. The van der Waals surface area contributed by atoms with Gasteiger partial charge in [0.05, 0.1) is 5.69 Å². The number of aromatic nitrogens is 1. The lowest BCUT2D eigenvalue weighted by molar-refractivity contribution is 0.287. The van der Waals surface area contributed by atoms with E-state index in [1.807, 2.05) is 42.5 Å². The van der Waals surface area contributed by atoms with Crippen LogP contribution in [0.4, 0.5) is 5.69 Å². The Bertz CT molecular complexity index is 535. The molecule has 78 valence electrons. The van der Waals surface area contributed by atoms with Crippen molar-refractivity contribution >= 4 is 11.6 Å². The highest BCUT2D eigenvalue weighted by atomic mass is 16.5. The van der Waals surface area contributed by atoms with Crippen molar-refractivity contribution < 1.29 is 4.74 Å². The maximum absolute atomic E-state index is 5.58. The number of fused-ring (bicyclic) bond motifs is 1.